The normalized spacial score (nSPS) is 14.8. The van der Waals surface area contributed by atoms with Crippen LogP contribution in [0, 0.1) is 0 Å². The second-order valence-electron chi connectivity index (χ2n) is 4.29. The fourth-order valence-corrected chi connectivity index (χ4v) is 1.99. The first-order valence-corrected chi connectivity index (χ1v) is 5.66. The van der Waals surface area contributed by atoms with Gasteiger partial charge in [-0.05, 0) is 25.8 Å². The Morgan fingerprint density at radius 2 is 1.94 bits per heavy atom. The number of carbonyl (C=O) groups excluding carboxylic acids is 1. The molecule has 0 fully saturated rings. The standard InChI is InChI=1S/C13H20N2O/c1-4-13(12(14)16,15-10(2)3)11-8-6-5-7-9-11/h5-10,15H,4H2,1-3H3,(H2,14,16). The number of rotatable bonds is 5. The number of nitrogens with one attached hydrogen (secondary N) is 1. The van der Waals surface area contributed by atoms with E-state index in [1.54, 1.807) is 0 Å². The zero-order valence-corrected chi connectivity index (χ0v) is 10.2. The maximum Gasteiger partial charge on any atom is 0.242 e. The minimum Gasteiger partial charge on any atom is -0.368 e. The summed E-state index contributed by atoms with van der Waals surface area (Å²) in [5.41, 5.74) is 5.74. The second-order valence-corrected chi connectivity index (χ2v) is 4.29. The van der Waals surface area contributed by atoms with E-state index in [1.165, 1.54) is 0 Å². The maximum absolute atomic E-state index is 11.7. The van der Waals surface area contributed by atoms with Crippen molar-refractivity contribution in [3.63, 3.8) is 0 Å². The van der Waals surface area contributed by atoms with Gasteiger partial charge in [0.1, 0.15) is 5.54 Å². The fraction of sp³-hybridized carbons (Fsp3) is 0.462. The molecule has 0 radical (unpaired) electrons. The van der Waals surface area contributed by atoms with Crippen molar-refractivity contribution in [2.45, 2.75) is 38.8 Å². The summed E-state index contributed by atoms with van der Waals surface area (Å²) in [7, 11) is 0. The number of benzene rings is 1. The molecule has 3 heteroatoms. The van der Waals surface area contributed by atoms with Crippen molar-refractivity contribution in [2.75, 3.05) is 0 Å². The average Bonchev–Trinajstić information content (AvgIpc) is 2.26. The van der Waals surface area contributed by atoms with E-state index in [4.69, 9.17) is 5.73 Å². The van der Waals surface area contributed by atoms with Crippen LogP contribution < -0.4 is 11.1 Å². The Hall–Kier alpha value is -1.35. The van der Waals surface area contributed by atoms with E-state index in [0.717, 1.165) is 5.56 Å². The van der Waals surface area contributed by atoms with E-state index < -0.39 is 5.54 Å². The van der Waals surface area contributed by atoms with Crippen LogP contribution in [0.4, 0.5) is 0 Å². The highest BCUT2D eigenvalue weighted by atomic mass is 16.1. The average molecular weight is 220 g/mol. The highest BCUT2D eigenvalue weighted by Gasteiger charge is 2.36. The monoisotopic (exact) mass is 220 g/mol. The van der Waals surface area contributed by atoms with Crippen molar-refractivity contribution >= 4 is 5.91 Å². The van der Waals surface area contributed by atoms with Crippen molar-refractivity contribution in [2.24, 2.45) is 5.73 Å². The number of carbonyl (C=O) groups is 1. The predicted molar refractivity (Wildman–Crippen MR) is 65.9 cm³/mol. The number of hydrogen-bond acceptors (Lipinski definition) is 2. The second kappa shape index (κ2) is 5.12. The van der Waals surface area contributed by atoms with Gasteiger partial charge in [-0.1, -0.05) is 37.3 Å². The molecule has 0 aromatic heterocycles. The summed E-state index contributed by atoms with van der Waals surface area (Å²) >= 11 is 0. The topological polar surface area (TPSA) is 55.1 Å². The molecule has 3 nitrogen and oxygen atoms in total. The number of hydrogen-bond donors (Lipinski definition) is 2. The molecule has 0 aliphatic carbocycles. The van der Waals surface area contributed by atoms with E-state index in [-0.39, 0.29) is 11.9 Å². The molecule has 88 valence electrons. The fourth-order valence-electron chi connectivity index (χ4n) is 1.99. The lowest BCUT2D eigenvalue weighted by molar-refractivity contribution is -0.125. The molecule has 1 atom stereocenters. The third kappa shape index (κ3) is 2.42. The van der Waals surface area contributed by atoms with Gasteiger partial charge in [0.05, 0.1) is 0 Å². The molecule has 1 rings (SSSR count). The molecule has 1 amide bonds. The van der Waals surface area contributed by atoms with Gasteiger partial charge in [0.15, 0.2) is 0 Å². The van der Waals surface area contributed by atoms with Crippen LogP contribution >= 0.6 is 0 Å². The summed E-state index contributed by atoms with van der Waals surface area (Å²) in [6.07, 6.45) is 0.643. The van der Waals surface area contributed by atoms with Crippen molar-refractivity contribution in [1.82, 2.24) is 5.32 Å². The van der Waals surface area contributed by atoms with Gasteiger partial charge in [-0.2, -0.15) is 0 Å². The smallest absolute Gasteiger partial charge is 0.242 e. The molecular weight excluding hydrogens is 200 g/mol. The zero-order chi connectivity index (χ0) is 12.2. The number of amides is 1. The van der Waals surface area contributed by atoms with E-state index in [1.807, 2.05) is 51.1 Å². The molecule has 0 spiro atoms. The lowest BCUT2D eigenvalue weighted by Gasteiger charge is -2.33. The number of nitrogens with two attached hydrogens (primary N) is 1. The highest BCUT2D eigenvalue weighted by molar-refractivity contribution is 5.86. The molecule has 0 heterocycles. The van der Waals surface area contributed by atoms with Crippen LogP contribution in [0.3, 0.4) is 0 Å². The zero-order valence-electron chi connectivity index (χ0n) is 10.2. The van der Waals surface area contributed by atoms with Gasteiger partial charge in [0, 0.05) is 6.04 Å². The van der Waals surface area contributed by atoms with Crippen LogP contribution in [0.25, 0.3) is 0 Å². The minimum absolute atomic E-state index is 0.202. The molecule has 0 saturated heterocycles. The molecule has 0 aliphatic rings. The lowest BCUT2D eigenvalue weighted by atomic mass is 9.86. The largest absolute Gasteiger partial charge is 0.368 e. The van der Waals surface area contributed by atoms with Crippen molar-refractivity contribution in [3.8, 4) is 0 Å². The first-order valence-electron chi connectivity index (χ1n) is 5.66. The summed E-state index contributed by atoms with van der Waals surface area (Å²) < 4.78 is 0. The van der Waals surface area contributed by atoms with Crippen molar-refractivity contribution in [3.05, 3.63) is 35.9 Å². The Labute approximate surface area is 97.0 Å². The van der Waals surface area contributed by atoms with E-state index >= 15 is 0 Å². The van der Waals surface area contributed by atoms with Gasteiger partial charge in [-0.25, -0.2) is 0 Å². The molecule has 16 heavy (non-hydrogen) atoms. The van der Waals surface area contributed by atoms with E-state index in [9.17, 15) is 4.79 Å². The summed E-state index contributed by atoms with van der Waals surface area (Å²) in [5.74, 6) is -0.324. The molecule has 1 aromatic carbocycles. The van der Waals surface area contributed by atoms with Crippen LogP contribution in [-0.4, -0.2) is 11.9 Å². The molecular formula is C13H20N2O. The predicted octanol–water partition coefficient (Wildman–Crippen LogP) is 1.78. The Balaban J connectivity index is 3.18. The minimum atomic E-state index is -0.755. The van der Waals surface area contributed by atoms with Gasteiger partial charge < -0.3 is 5.73 Å². The third-order valence-electron chi connectivity index (χ3n) is 2.75. The number of primary amides is 1. The first-order chi connectivity index (χ1) is 7.53. The summed E-state index contributed by atoms with van der Waals surface area (Å²) in [6.45, 7) is 5.99. The maximum atomic E-state index is 11.7. The Kier molecular flexibility index (Phi) is 4.07. The van der Waals surface area contributed by atoms with Gasteiger partial charge in [0.2, 0.25) is 5.91 Å². The van der Waals surface area contributed by atoms with Gasteiger partial charge >= 0.3 is 0 Å². The Morgan fingerprint density at radius 3 is 2.31 bits per heavy atom. The van der Waals surface area contributed by atoms with Gasteiger partial charge in [0.25, 0.3) is 0 Å². The summed E-state index contributed by atoms with van der Waals surface area (Å²) in [6, 6.07) is 9.84. The third-order valence-corrected chi connectivity index (χ3v) is 2.75. The van der Waals surface area contributed by atoms with Gasteiger partial charge in [-0.3, -0.25) is 10.1 Å². The molecule has 0 bridgehead atoms. The van der Waals surface area contributed by atoms with Gasteiger partial charge in [-0.15, -0.1) is 0 Å². The molecule has 1 aromatic rings. The van der Waals surface area contributed by atoms with Crippen molar-refractivity contribution in [1.29, 1.82) is 0 Å². The molecule has 0 aliphatic heterocycles. The van der Waals surface area contributed by atoms with Crippen LogP contribution in [0.2, 0.25) is 0 Å². The molecule has 3 N–H and O–H groups in total. The quantitative estimate of drug-likeness (QED) is 0.794. The Bertz CT molecular complexity index is 348. The van der Waals surface area contributed by atoms with Crippen LogP contribution in [0.5, 0.6) is 0 Å². The van der Waals surface area contributed by atoms with Crippen LogP contribution in [-0.2, 0) is 10.3 Å². The summed E-state index contributed by atoms with van der Waals surface area (Å²) in [5, 5.41) is 3.28. The molecule has 1 unspecified atom stereocenters. The Morgan fingerprint density at radius 1 is 1.38 bits per heavy atom. The van der Waals surface area contributed by atoms with E-state index in [0.29, 0.717) is 6.42 Å². The van der Waals surface area contributed by atoms with Crippen molar-refractivity contribution < 1.29 is 4.79 Å². The summed E-state index contributed by atoms with van der Waals surface area (Å²) in [4.78, 5) is 11.7. The first kappa shape index (κ1) is 12.7. The SMILES string of the molecule is CCC(NC(C)C)(C(N)=O)c1ccccc1. The van der Waals surface area contributed by atoms with E-state index in [2.05, 4.69) is 5.32 Å². The molecule has 0 saturated carbocycles. The van der Waals surface area contributed by atoms with Crippen LogP contribution in [0.15, 0.2) is 30.3 Å². The lowest BCUT2D eigenvalue weighted by Crippen LogP contribution is -2.54. The highest BCUT2D eigenvalue weighted by Crippen LogP contribution is 2.25. The van der Waals surface area contributed by atoms with Crippen LogP contribution in [0.1, 0.15) is 32.8 Å².